The molecule has 4 aromatic heterocycles. The summed E-state index contributed by atoms with van der Waals surface area (Å²) in [5, 5.41) is 9.29. The maximum Gasteiger partial charge on any atom is 0.160 e. The zero-order valence-corrected chi connectivity index (χ0v) is 30.2. The molecule has 0 aliphatic rings. The van der Waals surface area contributed by atoms with Gasteiger partial charge in [0.15, 0.2) is 5.82 Å². The van der Waals surface area contributed by atoms with Crippen LogP contribution in [0, 0.1) is 11.3 Å². The largest absolute Gasteiger partial charge is 0.255 e. The smallest absolute Gasteiger partial charge is 0.160 e. The Labute approximate surface area is 325 Å². The SMILES string of the molecule is N#Cc1ccc(-c2cc(-c3ccccn3)nc(-c3ccc(-c4ccc(-c5ccc(-c6nc(-c7ccccc7)cc(-c7ccccc7)n6)cc5)cc4)cn3)c2)cc1. The minimum Gasteiger partial charge on any atom is -0.255 e. The molecule has 0 bridgehead atoms. The lowest BCUT2D eigenvalue weighted by Gasteiger charge is -2.11. The van der Waals surface area contributed by atoms with E-state index in [9.17, 15) is 5.26 Å². The maximum atomic E-state index is 9.29. The van der Waals surface area contributed by atoms with Crippen LogP contribution in [-0.4, -0.2) is 24.9 Å². The lowest BCUT2D eigenvalue weighted by Crippen LogP contribution is -1.95. The molecular formula is C50H32N6. The van der Waals surface area contributed by atoms with E-state index in [0.717, 1.165) is 84.2 Å². The predicted octanol–water partition coefficient (Wildman–Crippen LogP) is 11.9. The van der Waals surface area contributed by atoms with Gasteiger partial charge in [-0.05, 0) is 76.3 Å². The molecule has 4 heterocycles. The molecule has 6 nitrogen and oxygen atoms in total. The van der Waals surface area contributed by atoms with Crippen LogP contribution in [0.2, 0.25) is 0 Å². The summed E-state index contributed by atoms with van der Waals surface area (Å²) in [5.41, 5.74) is 14.7. The van der Waals surface area contributed by atoms with Crippen LogP contribution in [-0.2, 0) is 0 Å². The van der Waals surface area contributed by atoms with Crippen LogP contribution in [0.3, 0.4) is 0 Å². The minimum atomic E-state index is 0.616. The first kappa shape index (κ1) is 33.9. The molecule has 0 saturated heterocycles. The first-order chi connectivity index (χ1) is 27.7. The van der Waals surface area contributed by atoms with E-state index in [0.29, 0.717) is 11.4 Å². The Morgan fingerprint density at radius 2 is 0.804 bits per heavy atom. The minimum absolute atomic E-state index is 0.616. The number of aromatic nitrogens is 5. The average molecular weight is 717 g/mol. The molecule has 6 heteroatoms. The number of hydrogen-bond donors (Lipinski definition) is 0. The molecule has 9 rings (SSSR count). The normalized spacial score (nSPS) is 10.8. The third-order valence-corrected chi connectivity index (χ3v) is 9.69. The summed E-state index contributed by atoms with van der Waals surface area (Å²) in [4.78, 5) is 24.3. The Morgan fingerprint density at radius 3 is 1.32 bits per heavy atom. The quantitative estimate of drug-likeness (QED) is 0.156. The molecule has 5 aromatic carbocycles. The van der Waals surface area contributed by atoms with E-state index in [1.54, 1.807) is 6.20 Å². The number of hydrogen-bond acceptors (Lipinski definition) is 6. The number of rotatable bonds is 8. The molecule has 262 valence electrons. The van der Waals surface area contributed by atoms with Gasteiger partial charge in [-0.2, -0.15) is 5.26 Å². The lowest BCUT2D eigenvalue weighted by atomic mass is 9.99. The molecule has 9 aromatic rings. The van der Waals surface area contributed by atoms with Gasteiger partial charge in [0, 0.05) is 34.6 Å². The zero-order chi connectivity index (χ0) is 37.7. The monoisotopic (exact) mass is 716 g/mol. The molecule has 0 aliphatic heterocycles. The molecule has 0 unspecified atom stereocenters. The average Bonchev–Trinajstić information content (AvgIpc) is 3.30. The second-order valence-electron chi connectivity index (χ2n) is 13.3. The zero-order valence-electron chi connectivity index (χ0n) is 30.2. The number of pyridine rings is 3. The molecule has 0 N–H and O–H groups in total. The Hall–Kier alpha value is -7.88. The lowest BCUT2D eigenvalue weighted by molar-refractivity contribution is 1.18. The molecule has 0 radical (unpaired) electrons. The van der Waals surface area contributed by atoms with E-state index >= 15 is 0 Å². The molecule has 0 spiro atoms. The second kappa shape index (κ2) is 15.2. The highest BCUT2D eigenvalue weighted by Gasteiger charge is 2.13. The van der Waals surface area contributed by atoms with Gasteiger partial charge in [-0.1, -0.05) is 133 Å². The maximum absolute atomic E-state index is 9.29. The third kappa shape index (κ3) is 7.21. The van der Waals surface area contributed by atoms with Gasteiger partial charge in [0.2, 0.25) is 0 Å². The summed E-state index contributed by atoms with van der Waals surface area (Å²) in [6.07, 6.45) is 3.66. The fraction of sp³-hybridized carbons (Fsp3) is 0. The van der Waals surface area contributed by atoms with Gasteiger partial charge in [-0.25, -0.2) is 15.0 Å². The van der Waals surface area contributed by atoms with Crippen LogP contribution in [0.1, 0.15) is 5.56 Å². The van der Waals surface area contributed by atoms with E-state index in [1.807, 2.05) is 103 Å². The topological polar surface area (TPSA) is 88.2 Å². The van der Waals surface area contributed by atoms with Crippen LogP contribution in [0.4, 0.5) is 0 Å². The molecule has 0 amide bonds. The first-order valence-corrected chi connectivity index (χ1v) is 18.3. The third-order valence-electron chi connectivity index (χ3n) is 9.69. The predicted molar refractivity (Wildman–Crippen MR) is 224 cm³/mol. The Morgan fingerprint density at radius 1 is 0.321 bits per heavy atom. The van der Waals surface area contributed by atoms with Crippen LogP contribution >= 0.6 is 0 Å². The van der Waals surface area contributed by atoms with Crippen molar-refractivity contribution in [2.24, 2.45) is 0 Å². The van der Waals surface area contributed by atoms with Crippen molar-refractivity contribution in [3.63, 3.8) is 0 Å². The highest BCUT2D eigenvalue weighted by Crippen LogP contribution is 2.32. The Kier molecular flexibility index (Phi) is 9.23. The standard InChI is InChI=1S/C50H32N6/c51-32-34-14-16-38(17-15-34)43-29-48(44-13-7-8-28-52-44)54-49(30-43)45-27-26-42(33-53-45)37-20-18-35(19-21-37)36-22-24-41(25-23-36)50-55-46(39-9-3-1-4-10-39)31-47(56-50)40-11-5-2-6-12-40/h1-31,33H. The van der Waals surface area contributed by atoms with Gasteiger partial charge in [-0.15, -0.1) is 0 Å². The van der Waals surface area contributed by atoms with Crippen molar-refractivity contribution in [1.82, 2.24) is 24.9 Å². The van der Waals surface area contributed by atoms with Crippen molar-refractivity contribution in [3.05, 3.63) is 200 Å². The number of nitriles is 1. The molecule has 0 aliphatic carbocycles. The molecular weight excluding hydrogens is 685 g/mol. The van der Waals surface area contributed by atoms with Gasteiger partial charge < -0.3 is 0 Å². The van der Waals surface area contributed by atoms with Gasteiger partial charge in [0.05, 0.1) is 45.8 Å². The van der Waals surface area contributed by atoms with Gasteiger partial charge >= 0.3 is 0 Å². The fourth-order valence-corrected chi connectivity index (χ4v) is 6.68. The van der Waals surface area contributed by atoms with E-state index in [4.69, 9.17) is 19.9 Å². The molecule has 0 atom stereocenters. The fourth-order valence-electron chi connectivity index (χ4n) is 6.68. The van der Waals surface area contributed by atoms with Gasteiger partial charge in [0.1, 0.15) is 0 Å². The van der Waals surface area contributed by atoms with Crippen LogP contribution in [0.15, 0.2) is 194 Å². The second-order valence-corrected chi connectivity index (χ2v) is 13.3. The van der Waals surface area contributed by atoms with Crippen molar-refractivity contribution < 1.29 is 0 Å². The number of benzene rings is 5. The summed E-state index contributed by atoms with van der Waals surface area (Å²) >= 11 is 0. The summed E-state index contributed by atoms with van der Waals surface area (Å²) in [6, 6.07) is 63.2. The Bertz CT molecular complexity index is 2740. The highest BCUT2D eigenvalue weighted by atomic mass is 14.9. The van der Waals surface area contributed by atoms with Crippen molar-refractivity contribution in [1.29, 1.82) is 5.26 Å². The van der Waals surface area contributed by atoms with E-state index in [-0.39, 0.29) is 0 Å². The van der Waals surface area contributed by atoms with Crippen molar-refractivity contribution in [2.45, 2.75) is 0 Å². The Balaban J connectivity index is 0.968. The highest BCUT2D eigenvalue weighted by molar-refractivity contribution is 5.77. The summed E-state index contributed by atoms with van der Waals surface area (Å²) in [6.45, 7) is 0. The van der Waals surface area contributed by atoms with E-state index in [2.05, 4.69) is 96.0 Å². The van der Waals surface area contributed by atoms with E-state index in [1.165, 1.54) is 0 Å². The van der Waals surface area contributed by atoms with Crippen molar-refractivity contribution in [3.8, 4) is 96.1 Å². The van der Waals surface area contributed by atoms with Crippen LogP contribution < -0.4 is 0 Å². The molecule has 0 fully saturated rings. The summed E-state index contributed by atoms with van der Waals surface area (Å²) in [7, 11) is 0. The van der Waals surface area contributed by atoms with Gasteiger partial charge in [0.25, 0.3) is 0 Å². The summed E-state index contributed by atoms with van der Waals surface area (Å²) < 4.78 is 0. The van der Waals surface area contributed by atoms with Crippen LogP contribution in [0.25, 0.3) is 90.1 Å². The molecule has 0 saturated carbocycles. The van der Waals surface area contributed by atoms with Crippen molar-refractivity contribution in [2.75, 3.05) is 0 Å². The van der Waals surface area contributed by atoms with E-state index < -0.39 is 0 Å². The van der Waals surface area contributed by atoms with Crippen molar-refractivity contribution >= 4 is 0 Å². The summed E-state index contributed by atoms with van der Waals surface area (Å²) in [5.74, 6) is 0.687. The first-order valence-electron chi connectivity index (χ1n) is 18.3. The van der Waals surface area contributed by atoms with Gasteiger partial charge in [-0.3, -0.25) is 9.97 Å². The molecule has 56 heavy (non-hydrogen) atoms. The number of nitrogens with zero attached hydrogens (tertiary/aromatic N) is 6. The van der Waals surface area contributed by atoms with Crippen LogP contribution in [0.5, 0.6) is 0 Å².